The summed E-state index contributed by atoms with van der Waals surface area (Å²) in [6.45, 7) is 8.61. The van der Waals surface area contributed by atoms with E-state index < -0.39 is 0 Å². The second-order valence-corrected chi connectivity index (χ2v) is 2.29. The third-order valence-corrected chi connectivity index (χ3v) is 1.38. The number of unbranched alkanes of at least 4 members (excludes halogenated alkanes) is 1. The Morgan fingerprint density at radius 3 is 2.09 bits per heavy atom. The molecule has 0 rings (SSSR count). The van der Waals surface area contributed by atoms with Gasteiger partial charge in [0.25, 0.3) is 0 Å². The molecule has 0 aliphatic carbocycles. The van der Waals surface area contributed by atoms with E-state index in [-0.39, 0.29) is 5.91 Å². The van der Waals surface area contributed by atoms with Gasteiger partial charge in [0.1, 0.15) is 0 Å². The lowest BCUT2D eigenvalue weighted by atomic mass is 10.3. The molecule has 0 fully saturated rings. The molecular formula is C9H21NO. The third kappa shape index (κ3) is 9.47. The van der Waals surface area contributed by atoms with Crippen molar-refractivity contribution in [2.75, 3.05) is 13.6 Å². The first-order valence-electron chi connectivity index (χ1n) is 4.40. The zero-order chi connectivity index (χ0) is 9.28. The van der Waals surface area contributed by atoms with Crippen molar-refractivity contribution in [3.05, 3.63) is 0 Å². The van der Waals surface area contributed by atoms with Crippen LogP contribution in [0.1, 0.15) is 40.5 Å². The van der Waals surface area contributed by atoms with E-state index in [2.05, 4.69) is 6.92 Å². The summed E-state index contributed by atoms with van der Waals surface area (Å²) >= 11 is 0. The molecule has 0 heterocycles. The van der Waals surface area contributed by atoms with Gasteiger partial charge in [0.2, 0.25) is 5.91 Å². The molecule has 0 aliphatic heterocycles. The molecule has 0 aromatic carbocycles. The zero-order valence-corrected chi connectivity index (χ0v) is 8.48. The van der Waals surface area contributed by atoms with Crippen LogP contribution >= 0.6 is 0 Å². The lowest BCUT2D eigenvalue weighted by Crippen LogP contribution is -2.24. The molecule has 0 N–H and O–H groups in total. The van der Waals surface area contributed by atoms with Gasteiger partial charge in [0.05, 0.1) is 0 Å². The van der Waals surface area contributed by atoms with Gasteiger partial charge in [-0.25, -0.2) is 0 Å². The molecule has 68 valence electrons. The predicted molar refractivity (Wildman–Crippen MR) is 49.6 cm³/mol. The topological polar surface area (TPSA) is 20.3 Å². The average Bonchev–Trinajstić information content (AvgIpc) is 2.03. The smallest absolute Gasteiger partial charge is 0.219 e. The Kier molecular flexibility index (Phi) is 11.3. The Morgan fingerprint density at radius 2 is 1.82 bits per heavy atom. The quantitative estimate of drug-likeness (QED) is 0.618. The van der Waals surface area contributed by atoms with Gasteiger partial charge in [-0.1, -0.05) is 27.2 Å². The normalized spacial score (nSPS) is 8.09. The van der Waals surface area contributed by atoms with E-state index in [1.54, 1.807) is 11.8 Å². The van der Waals surface area contributed by atoms with Gasteiger partial charge in [0, 0.05) is 20.5 Å². The van der Waals surface area contributed by atoms with Gasteiger partial charge in [-0.2, -0.15) is 0 Å². The first-order chi connectivity index (χ1) is 5.18. The third-order valence-electron chi connectivity index (χ3n) is 1.38. The monoisotopic (exact) mass is 159 g/mol. The van der Waals surface area contributed by atoms with E-state index in [0.29, 0.717) is 0 Å². The Morgan fingerprint density at radius 1 is 1.36 bits per heavy atom. The minimum atomic E-state index is 0.156. The van der Waals surface area contributed by atoms with Gasteiger partial charge in [0.15, 0.2) is 0 Å². The van der Waals surface area contributed by atoms with Crippen LogP contribution in [-0.4, -0.2) is 24.4 Å². The molecule has 0 aliphatic rings. The summed E-state index contributed by atoms with van der Waals surface area (Å²) in [4.78, 5) is 12.3. The molecular weight excluding hydrogens is 138 g/mol. The van der Waals surface area contributed by atoms with Crippen molar-refractivity contribution in [3.63, 3.8) is 0 Å². The fourth-order valence-corrected chi connectivity index (χ4v) is 0.553. The van der Waals surface area contributed by atoms with Gasteiger partial charge in [-0.15, -0.1) is 0 Å². The number of rotatable bonds is 3. The molecule has 0 radical (unpaired) electrons. The van der Waals surface area contributed by atoms with Crippen LogP contribution in [0.15, 0.2) is 0 Å². The lowest BCUT2D eigenvalue weighted by molar-refractivity contribution is -0.127. The van der Waals surface area contributed by atoms with Crippen molar-refractivity contribution in [2.45, 2.75) is 40.5 Å². The molecule has 0 saturated carbocycles. The molecule has 2 heteroatoms. The molecule has 0 aromatic rings. The standard InChI is InChI=1S/C7H15NO.C2H6/c1-4-5-6-8(3)7(2)9;1-2/h4-6H2,1-3H3;1-2H3. The van der Waals surface area contributed by atoms with Crippen molar-refractivity contribution >= 4 is 5.91 Å². The van der Waals surface area contributed by atoms with E-state index >= 15 is 0 Å². The van der Waals surface area contributed by atoms with Crippen molar-refractivity contribution < 1.29 is 4.79 Å². The van der Waals surface area contributed by atoms with Crippen LogP contribution in [0.5, 0.6) is 0 Å². The molecule has 11 heavy (non-hydrogen) atoms. The van der Waals surface area contributed by atoms with E-state index in [4.69, 9.17) is 0 Å². The second-order valence-electron chi connectivity index (χ2n) is 2.29. The van der Waals surface area contributed by atoms with Gasteiger partial charge in [-0.3, -0.25) is 4.79 Å². The number of carbonyl (C=O) groups excluding carboxylic acids is 1. The highest BCUT2D eigenvalue weighted by Crippen LogP contribution is 1.90. The summed E-state index contributed by atoms with van der Waals surface area (Å²) in [7, 11) is 1.83. The first kappa shape index (κ1) is 13.1. The van der Waals surface area contributed by atoms with Crippen LogP contribution in [0.25, 0.3) is 0 Å². The number of carbonyl (C=O) groups is 1. The molecule has 0 aromatic heterocycles. The minimum Gasteiger partial charge on any atom is -0.346 e. The number of hydrogen-bond donors (Lipinski definition) is 0. The maximum absolute atomic E-state index is 10.6. The molecule has 0 atom stereocenters. The fourth-order valence-electron chi connectivity index (χ4n) is 0.553. The van der Waals surface area contributed by atoms with Crippen LogP contribution in [0, 0.1) is 0 Å². The Labute approximate surface area is 70.6 Å². The van der Waals surface area contributed by atoms with Crippen LogP contribution in [0.4, 0.5) is 0 Å². The molecule has 2 nitrogen and oxygen atoms in total. The maximum atomic E-state index is 10.6. The Balaban J connectivity index is 0. The lowest BCUT2D eigenvalue weighted by Gasteiger charge is -2.12. The Bertz CT molecular complexity index is 91.6. The number of nitrogens with zero attached hydrogens (tertiary/aromatic N) is 1. The maximum Gasteiger partial charge on any atom is 0.219 e. The number of amides is 1. The van der Waals surface area contributed by atoms with Crippen LogP contribution < -0.4 is 0 Å². The predicted octanol–water partition coefficient (Wildman–Crippen LogP) is 2.29. The van der Waals surface area contributed by atoms with Crippen LogP contribution in [-0.2, 0) is 4.79 Å². The molecule has 0 spiro atoms. The average molecular weight is 159 g/mol. The highest BCUT2D eigenvalue weighted by molar-refractivity contribution is 5.72. The van der Waals surface area contributed by atoms with Crippen molar-refractivity contribution in [2.24, 2.45) is 0 Å². The van der Waals surface area contributed by atoms with E-state index in [1.807, 2.05) is 20.9 Å². The number of hydrogen-bond acceptors (Lipinski definition) is 1. The minimum absolute atomic E-state index is 0.156. The summed E-state index contributed by atoms with van der Waals surface area (Å²) in [6, 6.07) is 0. The van der Waals surface area contributed by atoms with Crippen molar-refractivity contribution in [1.82, 2.24) is 4.90 Å². The van der Waals surface area contributed by atoms with Crippen molar-refractivity contribution in [1.29, 1.82) is 0 Å². The van der Waals surface area contributed by atoms with Gasteiger partial charge < -0.3 is 4.90 Å². The van der Waals surface area contributed by atoms with E-state index in [9.17, 15) is 4.79 Å². The van der Waals surface area contributed by atoms with Gasteiger partial charge >= 0.3 is 0 Å². The SMILES string of the molecule is CC.CCCCN(C)C(C)=O. The molecule has 0 unspecified atom stereocenters. The van der Waals surface area contributed by atoms with Crippen LogP contribution in [0.3, 0.4) is 0 Å². The summed E-state index contributed by atoms with van der Waals surface area (Å²) in [5.74, 6) is 0.156. The summed E-state index contributed by atoms with van der Waals surface area (Å²) in [6.07, 6.45) is 2.26. The summed E-state index contributed by atoms with van der Waals surface area (Å²) in [5, 5.41) is 0. The summed E-state index contributed by atoms with van der Waals surface area (Å²) in [5.41, 5.74) is 0. The molecule has 1 amide bonds. The first-order valence-corrected chi connectivity index (χ1v) is 4.40. The fraction of sp³-hybridized carbons (Fsp3) is 0.889. The largest absolute Gasteiger partial charge is 0.346 e. The van der Waals surface area contributed by atoms with Crippen molar-refractivity contribution in [3.8, 4) is 0 Å². The Hall–Kier alpha value is -0.530. The summed E-state index contributed by atoms with van der Waals surface area (Å²) < 4.78 is 0. The van der Waals surface area contributed by atoms with E-state index in [1.165, 1.54) is 0 Å². The molecule has 0 bridgehead atoms. The zero-order valence-electron chi connectivity index (χ0n) is 8.48. The highest BCUT2D eigenvalue weighted by atomic mass is 16.2. The second kappa shape index (κ2) is 9.47. The highest BCUT2D eigenvalue weighted by Gasteiger charge is 1.98. The van der Waals surface area contributed by atoms with Gasteiger partial charge in [-0.05, 0) is 6.42 Å². The van der Waals surface area contributed by atoms with E-state index in [0.717, 1.165) is 19.4 Å². The van der Waals surface area contributed by atoms with Crippen LogP contribution in [0.2, 0.25) is 0 Å². The molecule has 0 saturated heterocycles.